The molecule has 12 heteroatoms. The zero-order valence-corrected chi connectivity index (χ0v) is 18.6. The molecule has 1 aliphatic heterocycles. The lowest BCUT2D eigenvalue weighted by Crippen LogP contribution is -2.46. The molecule has 1 aliphatic carbocycles. The number of nitrogens with one attached hydrogen (secondary N) is 1. The summed E-state index contributed by atoms with van der Waals surface area (Å²) in [7, 11) is 0. The van der Waals surface area contributed by atoms with Gasteiger partial charge in [0.05, 0.1) is 11.6 Å². The topological polar surface area (TPSA) is 93.4 Å². The van der Waals surface area contributed by atoms with Crippen molar-refractivity contribution in [2.75, 3.05) is 13.1 Å². The van der Waals surface area contributed by atoms with Gasteiger partial charge in [-0.3, -0.25) is 15.0 Å². The molecule has 0 radical (unpaired) electrons. The number of pyridine rings is 1. The van der Waals surface area contributed by atoms with Crippen LogP contribution < -0.4 is 5.43 Å². The summed E-state index contributed by atoms with van der Waals surface area (Å²) in [6.07, 6.45) is -3.69. The highest BCUT2D eigenvalue weighted by atomic mass is 35.5. The first-order valence-corrected chi connectivity index (χ1v) is 11.3. The Morgan fingerprint density at radius 3 is 2.50 bits per heavy atom. The van der Waals surface area contributed by atoms with Gasteiger partial charge in [0.15, 0.2) is 0 Å². The van der Waals surface area contributed by atoms with Crippen molar-refractivity contribution < 1.29 is 27.1 Å². The second-order valence-corrected chi connectivity index (χ2v) is 9.00. The van der Waals surface area contributed by atoms with E-state index in [0.717, 1.165) is 5.39 Å². The van der Waals surface area contributed by atoms with E-state index in [2.05, 4.69) is 25.3 Å². The lowest BCUT2D eigenvalue weighted by molar-refractivity contribution is -0.352. The number of amides is 1. The average molecular weight is 496 g/mol. The molecule has 1 aromatic carbocycles. The van der Waals surface area contributed by atoms with E-state index in [1.165, 1.54) is 0 Å². The standard InChI is InChI=1S/C22H21ClF3N5O3/c23-15-2-4-17-13(9-15)1-3-18(27-17)19(32)30-31-7-5-12(6-8-31)20-28-29-21(33-20)14-10-16(11-14)34-22(24,25)26/h1-4,9,12,14,16H,5-8,10-11H2,(H,30,32). The van der Waals surface area contributed by atoms with Gasteiger partial charge in [-0.25, -0.2) is 9.99 Å². The smallest absolute Gasteiger partial charge is 0.425 e. The van der Waals surface area contributed by atoms with Gasteiger partial charge < -0.3 is 4.42 Å². The fraction of sp³-hybridized carbons (Fsp3) is 0.455. The zero-order chi connectivity index (χ0) is 23.9. The van der Waals surface area contributed by atoms with Crippen LogP contribution in [-0.2, 0) is 4.74 Å². The molecule has 3 heterocycles. The van der Waals surface area contributed by atoms with Crippen molar-refractivity contribution in [3.63, 3.8) is 0 Å². The molecule has 0 unspecified atom stereocenters. The van der Waals surface area contributed by atoms with Crippen LogP contribution in [0, 0.1) is 0 Å². The van der Waals surface area contributed by atoms with E-state index in [1.807, 2.05) is 11.1 Å². The summed E-state index contributed by atoms with van der Waals surface area (Å²) in [5, 5.41) is 11.4. The number of hydrazine groups is 1. The van der Waals surface area contributed by atoms with Gasteiger partial charge in [-0.15, -0.1) is 23.4 Å². The van der Waals surface area contributed by atoms with Crippen molar-refractivity contribution >= 4 is 28.4 Å². The van der Waals surface area contributed by atoms with Gasteiger partial charge in [-0.05, 0) is 49.9 Å². The minimum Gasteiger partial charge on any atom is -0.425 e. The van der Waals surface area contributed by atoms with Crippen LogP contribution in [-0.4, -0.2) is 51.7 Å². The van der Waals surface area contributed by atoms with Crippen LogP contribution in [0.2, 0.25) is 5.02 Å². The molecular formula is C22H21ClF3N5O3. The number of alkyl halides is 3. The molecule has 0 atom stereocenters. The third-order valence-corrected chi connectivity index (χ3v) is 6.42. The van der Waals surface area contributed by atoms with Crippen LogP contribution in [0.15, 0.2) is 34.7 Å². The first kappa shape index (κ1) is 23.0. The molecule has 0 spiro atoms. The summed E-state index contributed by atoms with van der Waals surface area (Å²) in [5.74, 6) is 0.363. The monoisotopic (exact) mass is 495 g/mol. The molecule has 3 aromatic rings. The van der Waals surface area contributed by atoms with Crippen molar-refractivity contribution in [1.29, 1.82) is 0 Å². The molecule has 2 fully saturated rings. The average Bonchev–Trinajstić information content (AvgIpc) is 3.25. The molecule has 180 valence electrons. The van der Waals surface area contributed by atoms with Gasteiger partial charge in [-0.1, -0.05) is 17.7 Å². The van der Waals surface area contributed by atoms with E-state index in [4.69, 9.17) is 16.0 Å². The Morgan fingerprint density at radius 1 is 1.09 bits per heavy atom. The predicted octanol–water partition coefficient (Wildman–Crippen LogP) is 4.58. The number of piperidine rings is 1. The van der Waals surface area contributed by atoms with Crippen molar-refractivity contribution in [2.45, 2.75) is 50.0 Å². The lowest BCUT2D eigenvalue weighted by Gasteiger charge is -2.33. The van der Waals surface area contributed by atoms with Crippen molar-refractivity contribution in [3.05, 3.63) is 52.8 Å². The highest BCUT2D eigenvalue weighted by Crippen LogP contribution is 2.41. The number of halogens is 4. The number of ether oxygens (including phenoxy) is 1. The number of nitrogens with zero attached hydrogens (tertiary/aromatic N) is 4. The SMILES string of the molecule is O=C(NN1CCC(c2nnc(C3CC(OC(F)(F)F)C3)o2)CC1)c1ccc2cc(Cl)ccc2n1. The normalized spacial score (nSPS) is 22.0. The number of rotatable bonds is 5. The van der Waals surface area contributed by atoms with Crippen LogP contribution in [0.1, 0.15) is 59.8 Å². The van der Waals surface area contributed by atoms with E-state index in [-0.39, 0.29) is 30.6 Å². The molecule has 1 amide bonds. The number of hydrogen-bond donors (Lipinski definition) is 1. The van der Waals surface area contributed by atoms with E-state index >= 15 is 0 Å². The highest BCUT2D eigenvalue weighted by Gasteiger charge is 2.42. The highest BCUT2D eigenvalue weighted by molar-refractivity contribution is 6.31. The third-order valence-electron chi connectivity index (χ3n) is 6.19. The fourth-order valence-electron chi connectivity index (χ4n) is 4.29. The Bertz CT molecular complexity index is 1190. The number of carbonyl (C=O) groups excluding carboxylic acids is 1. The van der Waals surface area contributed by atoms with Gasteiger partial charge in [0.2, 0.25) is 11.8 Å². The zero-order valence-electron chi connectivity index (χ0n) is 17.9. The quantitative estimate of drug-likeness (QED) is 0.554. The van der Waals surface area contributed by atoms with Gasteiger partial charge in [0, 0.05) is 35.3 Å². The van der Waals surface area contributed by atoms with Crippen LogP contribution in [0.4, 0.5) is 13.2 Å². The Kier molecular flexibility index (Phi) is 6.17. The van der Waals surface area contributed by atoms with Crippen LogP contribution in [0.25, 0.3) is 10.9 Å². The van der Waals surface area contributed by atoms with Gasteiger partial charge in [-0.2, -0.15) is 0 Å². The van der Waals surface area contributed by atoms with Gasteiger partial charge >= 0.3 is 6.36 Å². The fourth-order valence-corrected chi connectivity index (χ4v) is 4.47. The Hall–Kier alpha value is -2.76. The van der Waals surface area contributed by atoms with Crippen LogP contribution in [0.5, 0.6) is 0 Å². The summed E-state index contributed by atoms with van der Waals surface area (Å²) in [5.41, 5.74) is 3.88. The van der Waals surface area contributed by atoms with Crippen LogP contribution in [0.3, 0.4) is 0 Å². The molecule has 8 nitrogen and oxygen atoms in total. The molecule has 1 saturated heterocycles. The maximum Gasteiger partial charge on any atom is 0.522 e. The predicted molar refractivity (Wildman–Crippen MR) is 115 cm³/mol. The van der Waals surface area contributed by atoms with E-state index < -0.39 is 12.5 Å². The molecule has 1 N–H and O–H groups in total. The lowest BCUT2D eigenvalue weighted by atomic mass is 9.82. The maximum absolute atomic E-state index is 12.6. The first-order valence-electron chi connectivity index (χ1n) is 10.9. The molecule has 2 aromatic heterocycles. The van der Waals surface area contributed by atoms with E-state index in [9.17, 15) is 18.0 Å². The Labute approximate surface area is 197 Å². The second-order valence-electron chi connectivity index (χ2n) is 8.57. The molecule has 2 aliphatic rings. The molecule has 1 saturated carbocycles. The van der Waals surface area contributed by atoms with Crippen molar-refractivity contribution in [1.82, 2.24) is 25.6 Å². The summed E-state index contributed by atoms with van der Waals surface area (Å²) in [6, 6.07) is 8.75. The van der Waals surface area contributed by atoms with Crippen LogP contribution >= 0.6 is 11.6 Å². The number of aromatic nitrogens is 3. The van der Waals surface area contributed by atoms with E-state index in [1.54, 1.807) is 24.3 Å². The van der Waals surface area contributed by atoms with Gasteiger partial charge in [0.25, 0.3) is 5.91 Å². The first-order chi connectivity index (χ1) is 16.2. The Morgan fingerprint density at radius 2 is 1.79 bits per heavy atom. The molecule has 5 rings (SSSR count). The molecule has 34 heavy (non-hydrogen) atoms. The minimum absolute atomic E-state index is 0.0280. The maximum atomic E-state index is 12.6. The number of benzene rings is 1. The van der Waals surface area contributed by atoms with Crippen molar-refractivity contribution in [2.24, 2.45) is 0 Å². The summed E-state index contributed by atoms with van der Waals surface area (Å²) in [4.78, 5) is 17.0. The molecule has 0 bridgehead atoms. The van der Waals surface area contributed by atoms with Crippen molar-refractivity contribution in [3.8, 4) is 0 Å². The number of hydrogen-bond acceptors (Lipinski definition) is 7. The number of fused-ring (bicyclic) bond motifs is 1. The summed E-state index contributed by atoms with van der Waals surface area (Å²) >= 11 is 5.99. The molecular weight excluding hydrogens is 475 g/mol. The summed E-state index contributed by atoms with van der Waals surface area (Å²) < 4.78 is 46.6. The largest absolute Gasteiger partial charge is 0.522 e. The van der Waals surface area contributed by atoms with Gasteiger partial charge in [0.1, 0.15) is 5.69 Å². The minimum atomic E-state index is -4.63. The summed E-state index contributed by atoms with van der Waals surface area (Å²) in [6.45, 7) is 1.17. The third kappa shape index (κ3) is 5.16. The number of carbonyl (C=O) groups is 1. The Balaban J connectivity index is 1.12. The van der Waals surface area contributed by atoms with E-state index in [0.29, 0.717) is 53.9 Å². The second kappa shape index (κ2) is 9.12.